The average molecular weight is 273 g/mol. The van der Waals surface area contributed by atoms with Gasteiger partial charge in [0.15, 0.2) is 0 Å². The lowest BCUT2D eigenvalue weighted by Crippen LogP contribution is -2.29. The standard InChI is InChI=1S/C19H31N/c1-16(2)14-17-10-12-18(13-11-17)15-20-19-8-6-4-3-5-7-9-19/h10-13,16,19-20H,3-9,14-15H2,1-2H3. The van der Waals surface area contributed by atoms with Crippen LogP contribution in [0, 0.1) is 5.92 Å². The van der Waals surface area contributed by atoms with E-state index in [2.05, 4.69) is 43.4 Å². The predicted molar refractivity (Wildman–Crippen MR) is 87.9 cm³/mol. The molecule has 1 aromatic rings. The second kappa shape index (κ2) is 8.46. The highest BCUT2D eigenvalue weighted by Crippen LogP contribution is 2.17. The van der Waals surface area contributed by atoms with Gasteiger partial charge in [-0.05, 0) is 36.3 Å². The van der Waals surface area contributed by atoms with E-state index in [1.54, 1.807) is 0 Å². The highest BCUT2D eigenvalue weighted by molar-refractivity contribution is 5.22. The van der Waals surface area contributed by atoms with E-state index in [1.165, 1.54) is 62.5 Å². The molecule has 0 amide bonds. The molecule has 0 aromatic heterocycles. The van der Waals surface area contributed by atoms with Crippen molar-refractivity contribution in [2.24, 2.45) is 5.92 Å². The number of hydrogen-bond acceptors (Lipinski definition) is 1. The first-order valence-electron chi connectivity index (χ1n) is 8.55. The zero-order valence-corrected chi connectivity index (χ0v) is 13.3. The number of nitrogens with one attached hydrogen (secondary N) is 1. The van der Waals surface area contributed by atoms with Gasteiger partial charge in [-0.15, -0.1) is 0 Å². The Morgan fingerprint density at radius 3 is 2.05 bits per heavy atom. The van der Waals surface area contributed by atoms with Gasteiger partial charge < -0.3 is 5.32 Å². The molecule has 0 aliphatic heterocycles. The minimum absolute atomic E-state index is 0.741. The van der Waals surface area contributed by atoms with Crippen molar-refractivity contribution in [3.05, 3.63) is 35.4 Å². The molecule has 1 aliphatic carbocycles. The zero-order chi connectivity index (χ0) is 14.2. The van der Waals surface area contributed by atoms with Gasteiger partial charge in [-0.1, -0.05) is 70.2 Å². The molecule has 1 N–H and O–H groups in total. The van der Waals surface area contributed by atoms with Gasteiger partial charge in [-0.25, -0.2) is 0 Å². The first-order chi connectivity index (χ1) is 9.74. The molecule has 20 heavy (non-hydrogen) atoms. The van der Waals surface area contributed by atoms with Crippen LogP contribution in [-0.2, 0) is 13.0 Å². The highest BCUT2D eigenvalue weighted by atomic mass is 14.9. The van der Waals surface area contributed by atoms with Crippen LogP contribution in [0.25, 0.3) is 0 Å². The van der Waals surface area contributed by atoms with Crippen molar-refractivity contribution in [2.75, 3.05) is 0 Å². The van der Waals surface area contributed by atoms with Gasteiger partial charge in [-0.2, -0.15) is 0 Å². The van der Waals surface area contributed by atoms with Crippen LogP contribution in [0.15, 0.2) is 24.3 Å². The smallest absolute Gasteiger partial charge is 0.0208 e. The van der Waals surface area contributed by atoms with Crippen molar-refractivity contribution < 1.29 is 0 Å². The molecule has 1 aliphatic rings. The fraction of sp³-hybridized carbons (Fsp3) is 0.684. The Hall–Kier alpha value is -0.820. The van der Waals surface area contributed by atoms with Crippen molar-refractivity contribution >= 4 is 0 Å². The van der Waals surface area contributed by atoms with Crippen molar-refractivity contribution in [1.29, 1.82) is 0 Å². The summed E-state index contributed by atoms with van der Waals surface area (Å²) in [4.78, 5) is 0. The molecule has 0 spiro atoms. The van der Waals surface area contributed by atoms with Gasteiger partial charge in [-0.3, -0.25) is 0 Å². The fourth-order valence-electron chi connectivity index (χ4n) is 3.19. The summed E-state index contributed by atoms with van der Waals surface area (Å²) in [6.45, 7) is 5.60. The summed E-state index contributed by atoms with van der Waals surface area (Å²) in [5, 5.41) is 3.77. The van der Waals surface area contributed by atoms with Crippen LogP contribution in [0.2, 0.25) is 0 Å². The molecule has 1 fully saturated rings. The summed E-state index contributed by atoms with van der Waals surface area (Å²) in [5.74, 6) is 0.744. The molecule has 0 atom stereocenters. The van der Waals surface area contributed by atoms with Gasteiger partial charge in [0, 0.05) is 12.6 Å². The first-order valence-corrected chi connectivity index (χ1v) is 8.55. The Balaban J connectivity index is 1.77. The Morgan fingerprint density at radius 1 is 0.900 bits per heavy atom. The van der Waals surface area contributed by atoms with Crippen molar-refractivity contribution in [2.45, 2.75) is 77.8 Å². The molecule has 0 unspecified atom stereocenters. The molecular formula is C19H31N. The van der Waals surface area contributed by atoms with Gasteiger partial charge >= 0.3 is 0 Å². The van der Waals surface area contributed by atoms with Crippen LogP contribution < -0.4 is 5.32 Å². The second-order valence-corrected chi connectivity index (χ2v) is 6.84. The van der Waals surface area contributed by atoms with E-state index in [0.717, 1.165) is 18.5 Å². The molecule has 0 saturated heterocycles. The summed E-state index contributed by atoms with van der Waals surface area (Å²) >= 11 is 0. The molecule has 0 bridgehead atoms. The summed E-state index contributed by atoms with van der Waals surface area (Å²) in [6, 6.07) is 9.94. The van der Waals surface area contributed by atoms with Crippen LogP contribution in [0.5, 0.6) is 0 Å². The summed E-state index contributed by atoms with van der Waals surface area (Å²) in [6.07, 6.45) is 11.1. The summed E-state index contributed by atoms with van der Waals surface area (Å²) in [7, 11) is 0. The maximum Gasteiger partial charge on any atom is 0.0208 e. The van der Waals surface area contributed by atoms with Crippen molar-refractivity contribution in [3.63, 3.8) is 0 Å². The number of hydrogen-bond donors (Lipinski definition) is 1. The molecular weight excluding hydrogens is 242 g/mol. The SMILES string of the molecule is CC(C)Cc1ccc(CNC2CCCCCCC2)cc1. The maximum atomic E-state index is 3.77. The number of benzene rings is 1. The van der Waals surface area contributed by atoms with Crippen molar-refractivity contribution in [1.82, 2.24) is 5.32 Å². The minimum Gasteiger partial charge on any atom is -0.310 e. The Bertz CT molecular complexity index is 358. The van der Waals surface area contributed by atoms with Gasteiger partial charge in [0.1, 0.15) is 0 Å². The summed E-state index contributed by atoms with van der Waals surface area (Å²) < 4.78 is 0. The van der Waals surface area contributed by atoms with Gasteiger partial charge in [0.2, 0.25) is 0 Å². The Labute approximate surface area is 125 Å². The van der Waals surface area contributed by atoms with E-state index in [9.17, 15) is 0 Å². The third-order valence-electron chi connectivity index (χ3n) is 4.37. The lowest BCUT2D eigenvalue weighted by Gasteiger charge is -2.21. The molecule has 0 radical (unpaired) electrons. The quantitative estimate of drug-likeness (QED) is 0.788. The molecule has 1 heteroatoms. The third kappa shape index (κ3) is 5.66. The second-order valence-electron chi connectivity index (χ2n) is 6.84. The monoisotopic (exact) mass is 273 g/mol. The highest BCUT2D eigenvalue weighted by Gasteiger charge is 2.10. The lowest BCUT2D eigenvalue weighted by molar-refractivity contribution is 0.389. The van der Waals surface area contributed by atoms with E-state index in [-0.39, 0.29) is 0 Å². The molecule has 112 valence electrons. The molecule has 0 heterocycles. The lowest BCUT2D eigenvalue weighted by atomic mass is 9.96. The largest absolute Gasteiger partial charge is 0.310 e. The van der Waals surface area contributed by atoms with E-state index in [1.807, 2.05) is 0 Å². The fourth-order valence-corrected chi connectivity index (χ4v) is 3.19. The van der Waals surface area contributed by atoms with E-state index in [4.69, 9.17) is 0 Å². The summed E-state index contributed by atoms with van der Waals surface area (Å²) in [5.41, 5.74) is 2.90. The first kappa shape index (κ1) is 15.6. The van der Waals surface area contributed by atoms with Crippen LogP contribution in [0.1, 0.15) is 69.9 Å². The number of rotatable bonds is 5. The zero-order valence-electron chi connectivity index (χ0n) is 13.3. The van der Waals surface area contributed by atoms with Crippen LogP contribution in [-0.4, -0.2) is 6.04 Å². The molecule has 1 nitrogen and oxygen atoms in total. The van der Waals surface area contributed by atoms with Gasteiger partial charge in [0.25, 0.3) is 0 Å². The Morgan fingerprint density at radius 2 is 1.45 bits per heavy atom. The van der Waals surface area contributed by atoms with Crippen LogP contribution in [0.4, 0.5) is 0 Å². The Kier molecular flexibility index (Phi) is 6.59. The van der Waals surface area contributed by atoms with E-state index >= 15 is 0 Å². The van der Waals surface area contributed by atoms with Crippen LogP contribution >= 0.6 is 0 Å². The normalized spacial score (nSPS) is 17.9. The average Bonchev–Trinajstić information content (AvgIpc) is 2.38. The van der Waals surface area contributed by atoms with Gasteiger partial charge in [0.05, 0.1) is 0 Å². The maximum absolute atomic E-state index is 3.77. The predicted octanol–water partition coefficient (Wildman–Crippen LogP) is 5.09. The van der Waals surface area contributed by atoms with E-state index in [0.29, 0.717) is 0 Å². The van der Waals surface area contributed by atoms with E-state index < -0.39 is 0 Å². The van der Waals surface area contributed by atoms with Crippen molar-refractivity contribution in [3.8, 4) is 0 Å². The third-order valence-corrected chi connectivity index (χ3v) is 4.37. The van der Waals surface area contributed by atoms with Crippen LogP contribution in [0.3, 0.4) is 0 Å². The molecule has 2 rings (SSSR count). The minimum atomic E-state index is 0.741. The molecule has 1 saturated carbocycles. The topological polar surface area (TPSA) is 12.0 Å². The molecule has 1 aromatic carbocycles.